The highest BCUT2D eigenvalue weighted by Gasteiger charge is 2.27. The Morgan fingerprint density at radius 1 is 1.60 bits per heavy atom. The van der Waals surface area contributed by atoms with E-state index in [1.54, 1.807) is 24.1 Å². The minimum atomic E-state index is -0.318. The monoisotopic (exact) mass is 342 g/mol. The number of anilines is 1. The smallest absolute Gasteiger partial charge is 0.257 e. The zero-order chi connectivity index (χ0) is 14.7. The van der Waals surface area contributed by atoms with Crippen molar-refractivity contribution in [1.82, 2.24) is 9.88 Å². The Morgan fingerprint density at radius 2 is 2.25 bits per heavy atom. The molecule has 1 aromatic rings. The van der Waals surface area contributed by atoms with Gasteiger partial charge in [-0.15, -0.1) is 0 Å². The van der Waals surface area contributed by atoms with E-state index in [9.17, 15) is 9.90 Å². The molecule has 2 rings (SSSR count). The van der Waals surface area contributed by atoms with Crippen molar-refractivity contribution in [2.75, 3.05) is 18.5 Å². The van der Waals surface area contributed by atoms with E-state index in [1.807, 2.05) is 0 Å². The number of hydrogen-bond acceptors (Lipinski definition) is 5. The second-order valence-corrected chi connectivity index (χ2v) is 5.98. The van der Waals surface area contributed by atoms with Gasteiger partial charge in [0.25, 0.3) is 5.91 Å². The van der Waals surface area contributed by atoms with Gasteiger partial charge in [-0.25, -0.2) is 10.8 Å². The van der Waals surface area contributed by atoms with Crippen molar-refractivity contribution >= 4 is 27.7 Å². The zero-order valence-corrected chi connectivity index (χ0v) is 12.9. The summed E-state index contributed by atoms with van der Waals surface area (Å²) in [5.74, 6) is 5.95. The van der Waals surface area contributed by atoms with Crippen LogP contribution in [0, 0.1) is 5.92 Å². The number of hydrogen-bond donors (Lipinski definition) is 3. The van der Waals surface area contributed by atoms with Crippen LogP contribution in [-0.2, 0) is 0 Å². The second-order valence-electron chi connectivity index (χ2n) is 5.06. The lowest BCUT2D eigenvalue weighted by atomic mass is 9.92. The molecule has 20 heavy (non-hydrogen) atoms. The summed E-state index contributed by atoms with van der Waals surface area (Å²) in [5.41, 5.74) is 2.91. The number of aromatic nitrogens is 1. The number of carbonyl (C=O) groups excluding carboxylic acids is 1. The van der Waals surface area contributed by atoms with Gasteiger partial charge >= 0.3 is 0 Å². The number of aliphatic hydroxyl groups excluding tert-OH is 1. The van der Waals surface area contributed by atoms with Crippen molar-refractivity contribution in [2.45, 2.75) is 25.9 Å². The molecule has 0 aromatic carbocycles. The first-order valence-corrected chi connectivity index (χ1v) is 7.41. The van der Waals surface area contributed by atoms with Crippen LogP contribution in [0.25, 0.3) is 0 Å². The highest BCUT2D eigenvalue weighted by atomic mass is 79.9. The fraction of sp³-hybridized carbons (Fsp3) is 0.538. The van der Waals surface area contributed by atoms with Crippen LogP contribution in [-0.4, -0.2) is 40.1 Å². The van der Waals surface area contributed by atoms with Crippen molar-refractivity contribution < 1.29 is 9.90 Å². The third-order valence-electron chi connectivity index (χ3n) is 3.73. The van der Waals surface area contributed by atoms with E-state index in [0.717, 1.165) is 17.3 Å². The number of nitrogen functional groups attached to an aromatic ring is 1. The molecule has 1 saturated heterocycles. The summed E-state index contributed by atoms with van der Waals surface area (Å²) < 4.78 is 0.735. The van der Waals surface area contributed by atoms with Crippen molar-refractivity contribution in [1.29, 1.82) is 0 Å². The first-order chi connectivity index (χ1) is 9.52. The van der Waals surface area contributed by atoms with E-state index in [2.05, 4.69) is 26.3 Å². The number of amides is 1. The first-order valence-electron chi connectivity index (χ1n) is 6.62. The fourth-order valence-corrected chi connectivity index (χ4v) is 2.80. The molecule has 0 radical (unpaired) electrons. The SMILES string of the molecule is CC(O)C1CCN(C(=O)c2cc(Br)cnc2NN)CC1. The molecule has 2 heterocycles. The van der Waals surface area contributed by atoms with Gasteiger partial charge in [-0.05, 0) is 47.7 Å². The number of rotatable bonds is 3. The molecular weight excluding hydrogens is 324 g/mol. The molecular formula is C13H19BrN4O2. The summed E-state index contributed by atoms with van der Waals surface area (Å²) in [5, 5.41) is 9.59. The minimum Gasteiger partial charge on any atom is -0.393 e. The molecule has 0 aliphatic carbocycles. The maximum absolute atomic E-state index is 12.5. The molecule has 0 spiro atoms. The largest absolute Gasteiger partial charge is 0.393 e. The van der Waals surface area contributed by atoms with Crippen LogP contribution in [0.1, 0.15) is 30.1 Å². The van der Waals surface area contributed by atoms with Gasteiger partial charge in [0.1, 0.15) is 0 Å². The minimum absolute atomic E-state index is 0.0872. The maximum atomic E-state index is 12.5. The van der Waals surface area contributed by atoms with Crippen LogP contribution in [0.3, 0.4) is 0 Å². The van der Waals surface area contributed by atoms with E-state index in [0.29, 0.717) is 24.5 Å². The van der Waals surface area contributed by atoms with E-state index in [1.165, 1.54) is 0 Å². The van der Waals surface area contributed by atoms with Crippen LogP contribution >= 0.6 is 15.9 Å². The van der Waals surface area contributed by atoms with E-state index < -0.39 is 0 Å². The topological polar surface area (TPSA) is 91.5 Å². The quantitative estimate of drug-likeness (QED) is 0.569. The Morgan fingerprint density at radius 3 is 2.80 bits per heavy atom. The average Bonchev–Trinajstić information content (AvgIpc) is 2.46. The molecule has 1 fully saturated rings. The van der Waals surface area contributed by atoms with Crippen LogP contribution < -0.4 is 11.3 Å². The van der Waals surface area contributed by atoms with Gasteiger partial charge in [0.2, 0.25) is 0 Å². The van der Waals surface area contributed by atoms with Gasteiger partial charge in [-0.2, -0.15) is 0 Å². The first kappa shape index (κ1) is 15.2. The highest BCUT2D eigenvalue weighted by molar-refractivity contribution is 9.10. The molecule has 1 unspecified atom stereocenters. The summed E-state index contributed by atoms with van der Waals surface area (Å²) in [7, 11) is 0. The van der Waals surface area contributed by atoms with Crippen molar-refractivity contribution in [3.05, 3.63) is 22.3 Å². The Labute approximate surface area is 126 Å². The average molecular weight is 343 g/mol. The summed E-state index contributed by atoms with van der Waals surface area (Å²) in [4.78, 5) is 18.4. The van der Waals surface area contributed by atoms with E-state index >= 15 is 0 Å². The Kier molecular flexibility index (Phi) is 4.95. The number of nitrogens with zero attached hydrogens (tertiary/aromatic N) is 2. The van der Waals surface area contributed by atoms with E-state index in [-0.39, 0.29) is 17.9 Å². The summed E-state index contributed by atoms with van der Waals surface area (Å²) in [6.45, 7) is 3.09. The predicted octanol–water partition coefficient (Wildman–Crippen LogP) is 1.36. The van der Waals surface area contributed by atoms with Gasteiger partial charge in [0, 0.05) is 23.8 Å². The molecule has 1 aliphatic heterocycles. The number of aliphatic hydroxyl groups is 1. The van der Waals surface area contributed by atoms with Gasteiger partial charge in [0.15, 0.2) is 5.82 Å². The Bertz CT molecular complexity index is 487. The number of pyridine rings is 1. The number of carbonyl (C=O) groups is 1. The highest BCUT2D eigenvalue weighted by Crippen LogP contribution is 2.24. The standard InChI is InChI=1S/C13H19BrN4O2/c1-8(19)9-2-4-18(5-3-9)13(20)11-6-10(14)7-16-12(11)17-15/h6-9,19H,2-5,15H2,1H3,(H,16,17). The third-order valence-corrected chi connectivity index (χ3v) is 4.16. The fourth-order valence-electron chi connectivity index (χ4n) is 2.47. The van der Waals surface area contributed by atoms with Crippen LogP contribution in [0.2, 0.25) is 0 Å². The normalized spacial score (nSPS) is 17.9. The zero-order valence-electron chi connectivity index (χ0n) is 11.3. The number of nitrogens with two attached hydrogens (primary N) is 1. The van der Waals surface area contributed by atoms with Crippen LogP contribution in [0.15, 0.2) is 16.7 Å². The number of likely N-dealkylation sites (tertiary alicyclic amines) is 1. The lowest BCUT2D eigenvalue weighted by Gasteiger charge is -2.33. The molecule has 1 aliphatic rings. The Balaban J connectivity index is 2.11. The lowest BCUT2D eigenvalue weighted by molar-refractivity contribution is 0.0522. The molecule has 110 valence electrons. The number of nitrogens with one attached hydrogen (secondary N) is 1. The van der Waals surface area contributed by atoms with Gasteiger partial charge in [0.05, 0.1) is 11.7 Å². The Hall–Kier alpha value is -1.18. The summed E-state index contributed by atoms with van der Waals surface area (Å²) >= 11 is 3.31. The van der Waals surface area contributed by atoms with Crippen molar-refractivity contribution in [3.63, 3.8) is 0 Å². The molecule has 1 aromatic heterocycles. The van der Waals surface area contributed by atoms with Crippen molar-refractivity contribution in [2.24, 2.45) is 11.8 Å². The molecule has 6 nitrogen and oxygen atoms in total. The lowest BCUT2D eigenvalue weighted by Crippen LogP contribution is -2.41. The van der Waals surface area contributed by atoms with Crippen molar-refractivity contribution in [3.8, 4) is 0 Å². The molecule has 1 atom stereocenters. The molecule has 4 N–H and O–H groups in total. The summed E-state index contributed by atoms with van der Waals surface area (Å²) in [6, 6.07) is 1.71. The molecule has 1 amide bonds. The van der Waals surface area contributed by atoms with E-state index in [4.69, 9.17) is 5.84 Å². The van der Waals surface area contributed by atoms with Gasteiger partial charge < -0.3 is 15.4 Å². The third kappa shape index (κ3) is 3.28. The van der Waals surface area contributed by atoms with Gasteiger partial charge in [-0.3, -0.25) is 4.79 Å². The molecule has 0 saturated carbocycles. The van der Waals surface area contributed by atoms with Gasteiger partial charge in [-0.1, -0.05) is 0 Å². The predicted molar refractivity (Wildman–Crippen MR) is 80.1 cm³/mol. The number of piperidine rings is 1. The molecule has 0 bridgehead atoms. The summed E-state index contributed by atoms with van der Waals surface area (Å²) in [6.07, 6.45) is 2.90. The molecule has 7 heteroatoms. The number of halogens is 1. The second kappa shape index (κ2) is 6.51. The maximum Gasteiger partial charge on any atom is 0.257 e. The van der Waals surface area contributed by atoms with Crippen LogP contribution in [0.4, 0.5) is 5.82 Å². The van der Waals surface area contributed by atoms with Crippen LogP contribution in [0.5, 0.6) is 0 Å². The number of hydrazine groups is 1.